The van der Waals surface area contributed by atoms with Gasteiger partial charge < -0.3 is 19.1 Å². The van der Waals surface area contributed by atoms with Crippen LogP contribution in [0.15, 0.2) is 53.1 Å². The lowest BCUT2D eigenvalue weighted by molar-refractivity contribution is -0.174. The van der Waals surface area contributed by atoms with Crippen molar-refractivity contribution >= 4 is 29.4 Å². The quantitative estimate of drug-likeness (QED) is 0.355. The Labute approximate surface area is 219 Å². The average molecular weight is 525 g/mol. The minimum absolute atomic E-state index is 0.0423. The maximum Gasteiger partial charge on any atom is 0.412 e. The topological polar surface area (TPSA) is 111 Å². The van der Waals surface area contributed by atoms with Crippen molar-refractivity contribution in [1.29, 1.82) is 0 Å². The molecule has 3 aromatic rings. The minimum Gasteiger partial charge on any atom is -0.481 e. The smallest absolute Gasteiger partial charge is 0.412 e. The van der Waals surface area contributed by atoms with E-state index in [2.05, 4.69) is 16.5 Å². The molecule has 2 N–H and O–H groups in total. The molecule has 1 saturated carbocycles. The molecule has 0 spiro atoms. The zero-order chi connectivity index (χ0) is 26.2. The fraction of sp³-hybridized carbons (Fsp3) is 0.393. The number of amides is 1. The number of halogens is 1. The monoisotopic (exact) mass is 524 g/mol. The second kappa shape index (κ2) is 9.84. The van der Waals surface area contributed by atoms with Gasteiger partial charge in [0.1, 0.15) is 17.5 Å². The van der Waals surface area contributed by atoms with Gasteiger partial charge in [0.15, 0.2) is 5.76 Å². The summed E-state index contributed by atoms with van der Waals surface area (Å²) >= 11 is 6.24. The highest BCUT2D eigenvalue weighted by atomic mass is 35.5. The summed E-state index contributed by atoms with van der Waals surface area (Å²) in [7, 11) is 0. The third-order valence-electron chi connectivity index (χ3n) is 7.70. The number of carboxylic acids is 1. The number of carbonyl (C=O) groups is 2. The van der Waals surface area contributed by atoms with Gasteiger partial charge in [0, 0.05) is 21.6 Å². The van der Waals surface area contributed by atoms with Gasteiger partial charge in [0.05, 0.1) is 18.6 Å². The zero-order valence-corrected chi connectivity index (χ0v) is 21.5. The van der Waals surface area contributed by atoms with Gasteiger partial charge in [-0.25, -0.2) is 4.79 Å². The predicted octanol–water partition coefficient (Wildman–Crippen LogP) is 6.67. The first-order chi connectivity index (χ1) is 17.7. The molecule has 194 valence electrons. The fourth-order valence-corrected chi connectivity index (χ4v) is 5.79. The molecule has 1 amide bonds. The molecular formula is C28H29ClN2O6. The van der Waals surface area contributed by atoms with Crippen LogP contribution < -0.4 is 5.32 Å². The Bertz CT molecular complexity index is 1310. The maximum absolute atomic E-state index is 12.8. The number of aromatic nitrogens is 1. The van der Waals surface area contributed by atoms with E-state index >= 15 is 0 Å². The van der Waals surface area contributed by atoms with Crippen LogP contribution in [-0.4, -0.2) is 34.5 Å². The molecule has 0 unspecified atom stereocenters. The van der Waals surface area contributed by atoms with Gasteiger partial charge in [-0.3, -0.25) is 10.1 Å². The van der Waals surface area contributed by atoms with Gasteiger partial charge in [-0.15, -0.1) is 0 Å². The number of carbonyl (C=O) groups excluding carboxylic acids is 1. The van der Waals surface area contributed by atoms with Gasteiger partial charge in [0.25, 0.3) is 0 Å². The number of hydrogen-bond acceptors (Lipinski definition) is 6. The van der Waals surface area contributed by atoms with Crippen LogP contribution in [0.1, 0.15) is 62.0 Å². The third-order valence-corrected chi connectivity index (χ3v) is 8.04. The second-order valence-corrected chi connectivity index (χ2v) is 10.5. The van der Waals surface area contributed by atoms with Crippen molar-refractivity contribution < 1.29 is 28.7 Å². The first kappa shape index (κ1) is 25.3. The molecule has 9 heteroatoms. The Kier molecular flexibility index (Phi) is 6.72. The summed E-state index contributed by atoms with van der Waals surface area (Å²) in [5.41, 5.74) is 2.82. The van der Waals surface area contributed by atoms with Crippen LogP contribution in [0.2, 0.25) is 5.02 Å². The van der Waals surface area contributed by atoms with E-state index in [0.29, 0.717) is 47.2 Å². The number of ether oxygens (including phenoxy) is 2. The summed E-state index contributed by atoms with van der Waals surface area (Å²) in [4.78, 5) is 24.1. The van der Waals surface area contributed by atoms with Crippen molar-refractivity contribution in [1.82, 2.24) is 5.16 Å². The molecule has 37 heavy (non-hydrogen) atoms. The minimum atomic E-state index is -0.822. The number of fused-ring (bicyclic) bond motifs is 3. The Morgan fingerprint density at radius 3 is 2.59 bits per heavy atom. The summed E-state index contributed by atoms with van der Waals surface area (Å²) in [6.07, 6.45) is 2.00. The van der Waals surface area contributed by atoms with Crippen molar-refractivity contribution in [3.05, 3.63) is 70.4 Å². The van der Waals surface area contributed by atoms with E-state index in [1.54, 1.807) is 19.9 Å². The van der Waals surface area contributed by atoms with Crippen molar-refractivity contribution in [3.8, 4) is 11.3 Å². The molecule has 8 nitrogen and oxygen atoms in total. The highest BCUT2D eigenvalue weighted by Gasteiger charge is 2.51. The van der Waals surface area contributed by atoms with Gasteiger partial charge in [-0.2, -0.15) is 0 Å². The Balaban J connectivity index is 1.34. The number of nitrogens with zero attached hydrogens (tertiary/aromatic N) is 1. The van der Waals surface area contributed by atoms with Crippen molar-refractivity contribution in [2.24, 2.45) is 0 Å². The van der Waals surface area contributed by atoms with Crippen LogP contribution in [0.25, 0.3) is 11.3 Å². The summed E-state index contributed by atoms with van der Waals surface area (Å²) in [6.45, 7) is 3.99. The van der Waals surface area contributed by atoms with Crippen molar-refractivity contribution in [3.63, 3.8) is 0 Å². The number of nitrogens with one attached hydrogen (secondary N) is 1. The van der Waals surface area contributed by atoms with Gasteiger partial charge in [0.2, 0.25) is 0 Å². The number of rotatable bonds is 7. The molecule has 2 aliphatic heterocycles. The number of aliphatic carboxylic acids is 1. The fourth-order valence-electron chi connectivity index (χ4n) is 5.50. The number of anilines is 1. The number of benzene rings is 2. The predicted molar refractivity (Wildman–Crippen MR) is 138 cm³/mol. The van der Waals surface area contributed by atoms with E-state index in [4.69, 9.17) is 25.6 Å². The van der Waals surface area contributed by atoms with Gasteiger partial charge >= 0.3 is 12.1 Å². The highest BCUT2D eigenvalue weighted by molar-refractivity contribution is 6.31. The summed E-state index contributed by atoms with van der Waals surface area (Å²) in [5, 5.41) is 16.7. The standard InChI is InChI=1S/C28H29ClN2O6/c1-17-24(30-26(34)36-18(2)21-8-3-4-9-22(21)29)25(37-31-17)19-6-5-7-20(14-19)27-10-12-28(13-11-27,35-16-27)15-23(32)33/h3-9,14,18H,10-13,15-16H2,1-2H3,(H,30,34)(H,32,33)/t18-,27?,28?/m1/s1. The first-order valence-electron chi connectivity index (χ1n) is 12.4. The summed E-state index contributed by atoms with van der Waals surface area (Å²) in [5.74, 6) is -0.386. The van der Waals surface area contributed by atoms with E-state index in [-0.39, 0.29) is 11.8 Å². The summed E-state index contributed by atoms with van der Waals surface area (Å²) in [6, 6.07) is 15.2. The van der Waals surface area contributed by atoms with Gasteiger partial charge in [-0.05, 0) is 57.2 Å². The number of aryl methyl sites for hydroxylation is 1. The molecule has 6 rings (SSSR count). The van der Waals surface area contributed by atoms with Crippen molar-refractivity contribution in [2.45, 2.75) is 63.1 Å². The largest absolute Gasteiger partial charge is 0.481 e. The highest BCUT2D eigenvalue weighted by Crippen LogP contribution is 2.52. The van der Waals surface area contributed by atoms with Crippen molar-refractivity contribution in [2.75, 3.05) is 11.9 Å². The molecule has 3 aliphatic rings. The molecule has 1 aromatic heterocycles. The van der Waals surface area contributed by atoms with Crippen LogP contribution in [0.4, 0.5) is 10.5 Å². The Hall–Kier alpha value is -3.36. The Morgan fingerprint density at radius 1 is 1.16 bits per heavy atom. The lowest BCUT2D eigenvalue weighted by atomic mass is 9.62. The van der Waals surface area contributed by atoms with Crippen LogP contribution in [-0.2, 0) is 19.7 Å². The lowest BCUT2D eigenvalue weighted by Gasteiger charge is -2.53. The second-order valence-electron chi connectivity index (χ2n) is 10.1. The third kappa shape index (κ3) is 4.95. The molecule has 3 heterocycles. The number of carboxylic acid groups (broad SMARTS) is 1. The maximum atomic E-state index is 12.8. The average Bonchev–Trinajstić information content (AvgIpc) is 3.24. The molecule has 2 saturated heterocycles. The molecule has 1 atom stereocenters. The molecule has 2 bridgehead atoms. The van der Waals surface area contributed by atoms with Crippen LogP contribution in [0.5, 0.6) is 0 Å². The molecular weight excluding hydrogens is 496 g/mol. The summed E-state index contributed by atoms with van der Waals surface area (Å²) < 4.78 is 17.3. The SMILES string of the molecule is Cc1noc(-c2cccc(C34CCC(CC(=O)O)(CC3)OC4)c2)c1NC(=O)O[C@H](C)c1ccccc1Cl. The van der Waals surface area contributed by atoms with Gasteiger partial charge in [-0.1, -0.05) is 53.2 Å². The number of hydrogen-bond donors (Lipinski definition) is 2. The molecule has 2 aromatic carbocycles. The molecule has 3 fully saturated rings. The van der Waals surface area contributed by atoms with E-state index in [9.17, 15) is 14.7 Å². The molecule has 1 aliphatic carbocycles. The zero-order valence-electron chi connectivity index (χ0n) is 20.8. The van der Waals surface area contributed by atoms with E-state index in [1.165, 1.54) is 0 Å². The molecule has 0 radical (unpaired) electrons. The van der Waals surface area contributed by atoms with E-state index in [1.807, 2.05) is 36.4 Å². The first-order valence-corrected chi connectivity index (χ1v) is 12.7. The van der Waals surface area contributed by atoms with Crippen LogP contribution in [0.3, 0.4) is 0 Å². The Morgan fingerprint density at radius 2 is 1.92 bits per heavy atom. The van der Waals surface area contributed by atoms with Crippen LogP contribution >= 0.6 is 11.6 Å². The normalized spacial score (nSPS) is 23.4. The van der Waals surface area contributed by atoms with E-state index < -0.39 is 23.8 Å². The lowest BCUT2D eigenvalue weighted by Crippen LogP contribution is -2.54. The van der Waals surface area contributed by atoms with E-state index in [0.717, 1.165) is 24.0 Å². The van der Waals surface area contributed by atoms with Crippen LogP contribution in [0, 0.1) is 6.92 Å².